The second-order valence-corrected chi connectivity index (χ2v) is 4.41. The van der Waals surface area contributed by atoms with Crippen molar-refractivity contribution >= 4 is 5.69 Å². The summed E-state index contributed by atoms with van der Waals surface area (Å²) in [6.07, 6.45) is 4.82. The summed E-state index contributed by atoms with van der Waals surface area (Å²) in [7, 11) is 0. The van der Waals surface area contributed by atoms with E-state index in [0.29, 0.717) is 12.1 Å². The number of nitriles is 1. The van der Waals surface area contributed by atoms with Gasteiger partial charge in [0.25, 0.3) is 0 Å². The quantitative estimate of drug-likeness (QED) is 0.789. The van der Waals surface area contributed by atoms with E-state index in [1.165, 1.54) is 6.33 Å². The van der Waals surface area contributed by atoms with Crippen molar-refractivity contribution in [3.05, 3.63) is 66.4 Å². The summed E-state index contributed by atoms with van der Waals surface area (Å²) in [5, 5.41) is 16.1. The van der Waals surface area contributed by atoms with Crippen molar-refractivity contribution < 1.29 is 0 Å². The fourth-order valence-corrected chi connectivity index (χ4v) is 1.85. The van der Waals surface area contributed by atoms with Crippen LogP contribution in [-0.2, 0) is 6.54 Å². The van der Waals surface area contributed by atoms with E-state index in [1.54, 1.807) is 17.2 Å². The lowest BCUT2D eigenvalue weighted by atomic mass is 10.1. The molecule has 0 aliphatic heterocycles. The van der Waals surface area contributed by atoms with E-state index in [1.807, 2.05) is 36.4 Å². The number of benzene rings is 1. The molecule has 0 fully saturated rings. The number of nitrogens with zero attached hydrogens (tertiary/aromatic N) is 5. The number of nitrogens with one attached hydrogen (secondary N) is 1. The third kappa shape index (κ3) is 3.04. The summed E-state index contributed by atoms with van der Waals surface area (Å²) < 4.78 is 1.60. The molecule has 3 aromatic rings. The maximum Gasteiger partial charge on any atom is 0.155 e. The smallest absolute Gasteiger partial charge is 0.155 e. The maximum atomic E-state index is 8.76. The lowest BCUT2D eigenvalue weighted by Gasteiger charge is -2.07. The van der Waals surface area contributed by atoms with E-state index in [9.17, 15) is 0 Å². The molecule has 0 spiro atoms. The third-order valence-electron chi connectivity index (χ3n) is 2.98. The molecule has 0 unspecified atom stereocenters. The highest BCUT2D eigenvalue weighted by atomic mass is 15.3. The molecule has 0 aliphatic rings. The van der Waals surface area contributed by atoms with Crippen LogP contribution in [0.2, 0.25) is 0 Å². The second-order valence-electron chi connectivity index (χ2n) is 4.41. The van der Waals surface area contributed by atoms with Gasteiger partial charge in [-0.15, -0.1) is 0 Å². The summed E-state index contributed by atoms with van der Waals surface area (Å²) >= 11 is 0. The molecule has 2 aromatic heterocycles. The molecule has 6 heteroatoms. The number of rotatable bonds is 4. The van der Waals surface area contributed by atoms with Crippen molar-refractivity contribution in [2.45, 2.75) is 6.54 Å². The highest BCUT2D eigenvalue weighted by Gasteiger charge is 1.99. The molecule has 0 saturated heterocycles. The minimum Gasteiger partial charge on any atom is -0.380 e. The van der Waals surface area contributed by atoms with Crippen molar-refractivity contribution in [3.8, 4) is 11.9 Å². The number of hydrogen-bond donors (Lipinski definition) is 1. The molecule has 102 valence electrons. The van der Waals surface area contributed by atoms with Crippen LogP contribution in [-0.4, -0.2) is 19.7 Å². The Morgan fingerprint density at radius 3 is 2.62 bits per heavy atom. The Morgan fingerprint density at radius 2 is 2.00 bits per heavy atom. The van der Waals surface area contributed by atoms with Gasteiger partial charge in [-0.3, -0.25) is 0 Å². The fraction of sp³-hybridized carbons (Fsp3) is 0.0667. The molecule has 2 heterocycles. The van der Waals surface area contributed by atoms with Gasteiger partial charge in [-0.25, -0.2) is 14.6 Å². The molecule has 1 N–H and O–H groups in total. The molecule has 21 heavy (non-hydrogen) atoms. The van der Waals surface area contributed by atoms with Gasteiger partial charge in [-0.2, -0.15) is 10.4 Å². The molecule has 0 amide bonds. The minimum atomic E-state index is 0.664. The van der Waals surface area contributed by atoms with Crippen LogP contribution in [0.5, 0.6) is 0 Å². The number of hydrogen-bond acceptors (Lipinski definition) is 5. The number of pyridine rings is 1. The van der Waals surface area contributed by atoms with Crippen LogP contribution in [0.1, 0.15) is 11.1 Å². The zero-order valence-electron chi connectivity index (χ0n) is 11.1. The number of anilines is 1. The van der Waals surface area contributed by atoms with Crippen LogP contribution in [0.15, 0.2) is 55.2 Å². The molecule has 0 bridgehead atoms. The van der Waals surface area contributed by atoms with Crippen molar-refractivity contribution in [3.63, 3.8) is 0 Å². The first-order valence-corrected chi connectivity index (χ1v) is 6.39. The Balaban J connectivity index is 1.64. The zero-order chi connectivity index (χ0) is 14.5. The van der Waals surface area contributed by atoms with Gasteiger partial charge in [-0.05, 0) is 29.8 Å². The van der Waals surface area contributed by atoms with Crippen LogP contribution in [0.25, 0.3) is 5.82 Å². The molecule has 0 aliphatic carbocycles. The highest BCUT2D eigenvalue weighted by Crippen LogP contribution is 2.11. The summed E-state index contributed by atoms with van der Waals surface area (Å²) in [5.74, 6) is 0.719. The monoisotopic (exact) mass is 276 g/mol. The molecule has 0 saturated carbocycles. The summed E-state index contributed by atoms with van der Waals surface area (Å²) in [6, 6.07) is 13.4. The molecular formula is C15H12N6. The first-order valence-electron chi connectivity index (χ1n) is 6.39. The van der Waals surface area contributed by atoms with Crippen LogP contribution in [0, 0.1) is 11.3 Å². The van der Waals surface area contributed by atoms with Gasteiger partial charge >= 0.3 is 0 Å². The van der Waals surface area contributed by atoms with Gasteiger partial charge in [-0.1, -0.05) is 12.1 Å². The lowest BCUT2D eigenvalue weighted by molar-refractivity contribution is 0.845. The van der Waals surface area contributed by atoms with Crippen LogP contribution >= 0.6 is 0 Å². The molecule has 3 rings (SSSR count). The SMILES string of the molecule is N#Cc1ccc(CNc2ccc(-n3cncn3)nc2)cc1. The van der Waals surface area contributed by atoms with E-state index in [2.05, 4.69) is 26.5 Å². The van der Waals surface area contributed by atoms with Crippen molar-refractivity contribution in [2.24, 2.45) is 0 Å². The lowest BCUT2D eigenvalue weighted by Crippen LogP contribution is -2.02. The van der Waals surface area contributed by atoms with E-state index in [4.69, 9.17) is 5.26 Å². The standard InChI is InChI=1S/C15H12N6/c16-7-12-1-3-13(4-2-12)8-18-14-5-6-15(19-9-14)21-11-17-10-20-21/h1-6,9-11,18H,8H2. The van der Waals surface area contributed by atoms with E-state index in [-0.39, 0.29) is 0 Å². The van der Waals surface area contributed by atoms with Crippen LogP contribution in [0.3, 0.4) is 0 Å². The highest BCUT2D eigenvalue weighted by molar-refractivity contribution is 5.44. The van der Waals surface area contributed by atoms with E-state index in [0.717, 1.165) is 17.1 Å². The van der Waals surface area contributed by atoms with Crippen molar-refractivity contribution in [1.82, 2.24) is 19.7 Å². The Labute approximate surface area is 121 Å². The van der Waals surface area contributed by atoms with E-state index < -0.39 is 0 Å². The molecule has 0 radical (unpaired) electrons. The predicted octanol–water partition coefficient (Wildman–Crippen LogP) is 2.15. The van der Waals surface area contributed by atoms with Gasteiger partial charge in [0, 0.05) is 6.54 Å². The van der Waals surface area contributed by atoms with Gasteiger partial charge in [0.05, 0.1) is 23.5 Å². The predicted molar refractivity (Wildman–Crippen MR) is 77.6 cm³/mol. The Bertz CT molecular complexity index is 738. The minimum absolute atomic E-state index is 0.664. The topological polar surface area (TPSA) is 79.4 Å². The maximum absolute atomic E-state index is 8.76. The second kappa shape index (κ2) is 5.84. The van der Waals surface area contributed by atoms with Gasteiger partial charge in [0.2, 0.25) is 0 Å². The largest absolute Gasteiger partial charge is 0.380 e. The number of aromatic nitrogens is 4. The summed E-state index contributed by atoms with van der Waals surface area (Å²) in [5.41, 5.74) is 2.69. The van der Waals surface area contributed by atoms with Gasteiger partial charge < -0.3 is 5.32 Å². The van der Waals surface area contributed by atoms with E-state index >= 15 is 0 Å². The zero-order valence-corrected chi connectivity index (χ0v) is 11.1. The van der Waals surface area contributed by atoms with Crippen molar-refractivity contribution in [2.75, 3.05) is 5.32 Å². The normalized spacial score (nSPS) is 10.0. The average molecular weight is 276 g/mol. The Hall–Kier alpha value is -3.20. The summed E-state index contributed by atoms with van der Waals surface area (Å²) in [4.78, 5) is 8.20. The van der Waals surface area contributed by atoms with Gasteiger partial charge in [0.15, 0.2) is 5.82 Å². The molecule has 0 atom stereocenters. The molecule has 6 nitrogen and oxygen atoms in total. The first kappa shape index (κ1) is 12.8. The summed E-state index contributed by atoms with van der Waals surface area (Å²) in [6.45, 7) is 0.677. The average Bonchev–Trinajstić information content (AvgIpc) is 3.08. The Morgan fingerprint density at radius 1 is 1.14 bits per heavy atom. The van der Waals surface area contributed by atoms with Crippen LogP contribution in [0.4, 0.5) is 5.69 Å². The third-order valence-corrected chi connectivity index (χ3v) is 2.98. The van der Waals surface area contributed by atoms with Crippen molar-refractivity contribution in [1.29, 1.82) is 5.26 Å². The Kier molecular flexibility index (Phi) is 3.56. The fourth-order valence-electron chi connectivity index (χ4n) is 1.85. The molecule has 1 aromatic carbocycles. The first-order chi connectivity index (χ1) is 10.3. The van der Waals surface area contributed by atoms with Crippen LogP contribution < -0.4 is 5.32 Å². The van der Waals surface area contributed by atoms with Gasteiger partial charge in [0.1, 0.15) is 12.7 Å². The molecular weight excluding hydrogens is 264 g/mol.